The monoisotopic (exact) mass is 353 g/mol. The zero-order chi connectivity index (χ0) is 17.7. The Hall–Kier alpha value is -2.18. The minimum absolute atomic E-state index is 0.129. The summed E-state index contributed by atoms with van der Waals surface area (Å²) in [5, 5.41) is 17.8. The molecule has 6 nitrogen and oxygen atoms in total. The number of β-amino-alcohol motifs (C(OH)–C–C–N with tert-alkyl or cyclic N) is 1. The molecular formula is C20H23N3O3. The lowest BCUT2D eigenvalue weighted by molar-refractivity contribution is -0.0591. The first-order valence-electron chi connectivity index (χ1n) is 9.36. The Bertz CT molecular complexity index is 817. The molecule has 6 heteroatoms. The van der Waals surface area contributed by atoms with Gasteiger partial charge < -0.3 is 14.7 Å². The van der Waals surface area contributed by atoms with Crippen molar-refractivity contribution in [3.8, 4) is 0 Å². The maximum atomic E-state index is 12.8. The predicted octanol–water partition coefficient (Wildman–Crippen LogP) is 2.05. The highest BCUT2D eigenvalue weighted by atomic mass is 16.5. The number of H-pyrrole nitrogens is 1. The molecule has 5 rings (SSSR count). The van der Waals surface area contributed by atoms with Crippen LogP contribution >= 0.6 is 0 Å². The van der Waals surface area contributed by atoms with Crippen LogP contribution in [0, 0.1) is 0 Å². The summed E-state index contributed by atoms with van der Waals surface area (Å²) in [5.74, 6) is 0.660. The van der Waals surface area contributed by atoms with Gasteiger partial charge in [0, 0.05) is 24.1 Å². The van der Waals surface area contributed by atoms with Gasteiger partial charge in [-0.15, -0.1) is 0 Å². The average Bonchev–Trinajstić information content (AvgIpc) is 3.12. The first kappa shape index (κ1) is 16.0. The van der Waals surface area contributed by atoms with Crippen LogP contribution in [-0.4, -0.2) is 57.5 Å². The Morgan fingerprint density at radius 3 is 2.85 bits per heavy atom. The molecule has 1 spiro atoms. The summed E-state index contributed by atoms with van der Waals surface area (Å²) in [5.41, 5.74) is 2.05. The third-order valence-electron chi connectivity index (χ3n) is 6.02. The van der Waals surface area contributed by atoms with Gasteiger partial charge in [-0.3, -0.25) is 9.89 Å². The van der Waals surface area contributed by atoms with Gasteiger partial charge in [-0.25, -0.2) is 0 Å². The molecule has 1 aromatic heterocycles. The molecule has 0 bridgehead atoms. The van der Waals surface area contributed by atoms with Gasteiger partial charge in [0.15, 0.2) is 0 Å². The van der Waals surface area contributed by atoms with Crippen LogP contribution in [0.15, 0.2) is 36.4 Å². The van der Waals surface area contributed by atoms with Crippen LogP contribution in [-0.2, 0) is 4.74 Å². The zero-order valence-electron chi connectivity index (χ0n) is 14.6. The number of hydrogen-bond acceptors (Lipinski definition) is 4. The summed E-state index contributed by atoms with van der Waals surface area (Å²) in [6.07, 6.45) is 2.39. The van der Waals surface area contributed by atoms with Crippen LogP contribution in [0.2, 0.25) is 0 Å². The highest BCUT2D eigenvalue weighted by Gasteiger charge is 2.53. The molecule has 0 radical (unpaired) electrons. The van der Waals surface area contributed by atoms with Crippen molar-refractivity contribution >= 4 is 5.91 Å². The quantitative estimate of drug-likeness (QED) is 0.885. The van der Waals surface area contributed by atoms with E-state index in [1.165, 1.54) is 5.56 Å². The Morgan fingerprint density at radius 1 is 1.27 bits per heavy atom. The van der Waals surface area contributed by atoms with Crippen molar-refractivity contribution in [2.45, 2.75) is 42.8 Å². The molecule has 2 N–H and O–H groups in total. The number of rotatable bonds is 3. The maximum absolute atomic E-state index is 12.8. The second-order valence-corrected chi connectivity index (χ2v) is 7.87. The third kappa shape index (κ3) is 2.64. The first-order chi connectivity index (χ1) is 12.6. The molecule has 1 saturated carbocycles. The highest BCUT2D eigenvalue weighted by Crippen LogP contribution is 2.43. The fourth-order valence-corrected chi connectivity index (χ4v) is 4.32. The predicted molar refractivity (Wildman–Crippen MR) is 95.0 cm³/mol. The molecule has 136 valence electrons. The normalized spacial score (nSPS) is 31.0. The SMILES string of the molecule is O=C(c1cc(C2CC2)[nH]n1)N1C[C@@H](O)[C@@]2(C[C@@H](c3ccccc3)CO2)C1. The van der Waals surface area contributed by atoms with E-state index in [9.17, 15) is 9.90 Å². The summed E-state index contributed by atoms with van der Waals surface area (Å²) in [6.45, 7) is 1.30. The third-order valence-corrected chi connectivity index (χ3v) is 6.02. The molecule has 1 aliphatic carbocycles. The highest BCUT2D eigenvalue weighted by molar-refractivity contribution is 5.92. The van der Waals surface area contributed by atoms with Gasteiger partial charge in [0.05, 0.1) is 13.2 Å². The van der Waals surface area contributed by atoms with Crippen molar-refractivity contribution in [2.24, 2.45) is 0 Å². The minimum atomic E-state index is -0.665. The number of aromatic amines is 1. The van der Waals surface area contributed by atoms with Crippen LogP contribution in [0.5, 0.6) is 0 Å². The Balaban J connectivity index is 1.31. The van der Waals surface area contributed by atoms with Gasteiger partial charge in [-0.1, -0.05) is 30.3 Å². The van der Waals surface area contributed by atoms with E-state index >= 15 is 0 Å². The molecule has 1 aromatic carbocycles. The molecule has 3 aliphatic rings. The summed E-state index contributed by atoms with van der Waals surface area (Å²) < 4.78 is 6.08. The van der Waals surface area contributed by atoms with Crippen LogP contribution < -0.4 is 0 Å². The van der Waals surface area contributed by atoms with Gasteiger partial charge in [0.25, 0.3) is 5.91 Å². The van der Waals surface area contributed by atoms with Crippen molar-refractivity contribution < 1.29 is 14.6 Å². The second-order valence-electron chi connectivity index (χ2n) is 7.87. The van der Waals surface area contributed by atoms with Crippen molar-refractivity contribution in [3.05, 3.63) is 53.3 Å². The van der Waals surface area contributed by atoms with Gasteiger partial charge >= 0.3 is 0 Å². The van der Waals surface area contributed by atoms with E-state index in [4.69, 9.17) is 4.74 Å². The molecule has 26 heavy (non-hydrogen) atoms. The number of carbonyl (C=O) groups excluding carboxylic acids is 1. The van der Waals surface area contributed by atoms with Gasteiger partial charge in [-0.05, 0) is 30.9 Å². The second kappa shape index (κ2) is 5.93. The number of hydrogen-bond donors (Lipinski definition) is 2. The average molecular weight is 353 g/mol. The number of amides is 1. The van der Waals surface area contributed by atoms with E-state index in [0.29, 0.717) is 31.3 Å². The fraction of sp³-hybridized carbons (Fsp3) is 0.500. The Morgan fingerprint density at radius 2 is 2.08 bits per heavy atom. The number of carbonyl (C=O) groups is 1. The van der Waals surface area contributed by atoms with E-state index in [2.05, 4.69) is 22.3 Å². The van der Waals surface area contributed by atoms with Crippen LogP contribution in [0.3, 0.4) is 0 Å². The molecule has 2 aromatic rings. The fourth-order valence-electron chi connectivity index (χ4n) is 4.32. The van der Waals surface area contributed by atoms with Crippen LogP contribution in [0.25, 0.3) is 0 Å². The smallest absolute Gasteiger partial charge is 0.274 e. The van der Waals surface area contributed by atoms with Crippen LogP contribution in [0.1, 0.15) is 52.8 Å². The molecule has 3 atom stereocenters. The number of aromatic nitrogens is 2. The number of nitrogens with zero attached hydrogens (tertiary/aromatic N) is 2. The van der Waals surface area contributed by atoms with E-state index in [1.807, 2.05) is 24.3 Å². The summed E-state index contributed by atoms with van der Waals surface area (Å²) in [4.78, 5) is 14.5. The molecule has 2 saturated heterocycles. The first-order valence-corrected chi connectivity index (χ1v) is 9.36. The Kier molecular flexibility index (Phi) is 3.65. The van der Waals surface area contributed by atoms with Crippen molar-refractivity contribution in [1.82, 2.24) is 15.1 Å². The zero-order valence-corrected chi connectivity index (χ0v) is 14.6. The number of likely N-dealkylation sites (tertiary alicyclic amines) is 1. The van der Waals surface area contributed by atoms with Crippen LogP contribution in [0.4, 0.5) is 0 Å². The number of benzene rings is 1. The lowest BCUT2D eigenvalue weighted by Crippen LogP contribution is -2.41. The van der Waals surface area contributed by atoms with Crippen molar-refractivity contribution in [3.63, 3.8) is 0 Å². The van der Waals surface area contributed by atoms with E-state index < -0.39 is 11.7 Å². The number of ether oxygens (including phenoxy) is 1. The summed E-state index contributed by atoms with van der Waals surface area (Å²) in [7, 11) is 0. The molecule has 1 amide bonds. The van der Waals surface area contributed by atoms with E-state index in [0.717, 1.165) is 25.0 Å². The molecule has 3 heterocycles. The molecule has 0 unspecified atom stereocenters. The molecular weight excluding hydrogens is 330 g/mol. The standard InChI is InChI=1S/C20H23N3O3/c24-18-10-23(19(25)17-8-16(21-22-17)14-6-7-14)12-20(18)9-15(11-26-20)13-4-2-1-3-5-13/h1-5,8,14-15,18,24H,6-7,9-12H2,(H,21,22)/t15-,18-,20-/m1/s1. The number of nitrogens with one attached hydrogen (secondary N) is 1. The minimum Gasteiger partial charge on any atom is -0.388 e. The van der Waals surface area contributed by atoms with Crippen molar-refractivity contribution in [2.75, 3.05) is 19.7 Å². The number of aliphatic hydroxyl groups excluding tert-OH is 1. The lowest BCUT2D eigenvalue weighted by atomic mass is 9.87. The number of aliphatic hydroxyl groups is 1. The Labute approximate surface area is 152 Å². The molecule has 3 fully saturated rings. The van der Waals surface area contributed by atoms with E-state index in [1.54, 1.807) is 4.90 Å². The summed E-state index contributed by atoms with van der Waals surface area (Å²) in [6, 6.07) is 12.1. The molecule has 2 aliphatic heterocycles. The van der Waals surface area contributed by atoms with Gasteiger partial charge in [0.1, 0.15) is 17.4 Å². The summed E-state index contributed by atoms with van der Waals surface area (Å²) >= 11 is 0. The van der Waals surface area contributed by atoms with Gasteiger partial charge in [0.2, 0.25) is 0 Å². The topological polar surface area (TPSA) is 78.5 Å². The lowest BCUT2D eigenvalue weighted by Gasteiger charge is -2.25. The van der Waals surface area contributed by atoms with Gasteiger partial charge in [-0.2, -0.15) is 5.10 Å². The largest absolute Gasteiger partial charge is 0.388 e. The van der Waals surface area contributed by atoms with E-state index in [-0.39, 0.29) is 11.8 Å². The van der Waals surface area contributed by atoms with Crippen molar-refractivity contribution in [1.29, 1.82) is 0 Å². The maximum Gasteiger partial charge on any atom is 0.274 e.